The molecule has 1 fully saturated rings. The number of methoxy groups -OCH3 is 1. The normalized spacial score (nSPS) is 13.2. The molecule has 0 radical (unpaired) electrons. The number of hydrogen-bond acceptors (Lipinski definition) is 4. The number of urea groups is 1. The van der Waals surface area contributed by atoms with Crippen LogP contribution < -0.4 is 20.5 Å². The van der Waals surface area contributed by atoms with Gasteiger partial charge in [0.1, 0.15) is 17.1 Å². The van der Waals surface area contributed by atoms with E-state index in [9.17, 15) is 9.59 Å². The predicted octanol–water partition coefficient (Wildman–Crippen LogP) is 7.29. The van der Waals surface area contributed by atoms with Gasteiger partial charge in [-0.15, -0.1) is 0 Å². The average Bonchev–Trinajstić information content (AvgIpc) is 3.75. The second-order valence-electron chi connectivity index (χ2n) is 11.0. The van der Waals surface area contributed by atoms with Crippen molar-refractivity contribution in [1.82, 2.24) is 9.97 Å². The highest BCUT2D eigenvalue weighted by Crippen LogP contribution is 2.38. The van der Waals surface area contributed by atoms with Gasteiger partial charge in [-0.3, -0.25) is 9.69 Å². The Morgan fingerprint density at radius 1 is 1.03 bits per heavy atom. The SMILES string of the molecule is COc1cccc(-c2cc(C(C)C)c(NC(=O)N(CC3CC3)c3cc4cccnc4[nH]c3=O)c(C(C)C)c2)c1. The number of nitrogens with zero attached hydrogens (tertiary/aromatic N) is 2. The minimum Gasteiger partial charge on any atom is -0.497 e. The smallest absolute Gasteiger partial charge is 0.326 e. The van der Waals surface area contributed by atoms with E-state index < -0.39 is 0 Å². The lowest BCUT2D eigenvalue weighted by Gasteiger charge is -2.27. The van der Waals surface area contributed by atoms with E-state index in [1.54, 1.807) is 24.3 Å². The molecule has 2 aromatic heterocycles. The monoisotopic (exact) mass is 524 g/mol. The number of pyridine rings is 2. The van der Waals surface area contributed by atoms with Crippen LogP contribution in [0.15, 0.2) is 65.6 Å². The fourth-order valence-corrected chi connectivity index (χ4v) is 4.96. The molecule has 1 aliphatic rings. The highest BCUT2D eigenvalue weighted by molar-refractivity contribution is 6.03. The Balaban J connectivity index is 1.57. The van der Waals surface area contributed by atoms with Gasteiger partial charge < -0.3 is 15.0 Å². The highest BCUT2D eigenvalue weighted by atomic mass is 16.5. The molecule has 0 bridgehead atoms. The summed E-state index contributed by atoms with van der Waals surface area (Å²) in [7, 11) is 1.67. The van der Waals surface area contributed by atoms with Crippen LogP contribution in [0.4, 0.5) is 16.2 Å². The van der Waals surface area contributed by atoms with E-state index in [0.717, 1.165) is 51.9 Å². The molecule has 5 rings (SSSR count). The van der Waals surface area contributed by atoms with Crippen molar-refractivity contribution in [2.75, 3.05) is 23.9 Å². The van der Waals surface area contributed by atoms with Gasteiger partial charge in [-0.2, -0.15) is 0 Å². The second-order valence-corrected chi connectivity index (χ2v) is 11.0. The Kier molecular flexibility index (Phi) is 7.42. The Morgan fingerprint density at radius 2 is 1.74 bits per heavy atom. The fourth-order valence-electron chi connectivity index (χ4n) is 4.96. The number of rotatable bonds is 8. The van der Waals surface area contributed by atoms with Crippen molar-refractivity contribution in [3.05, 3.63) is 82.3 Å². The summed E-state index contributed by atoms with van der Waals surface area (Å²) >= 11 is 0. The third kappa shape index (κ3) is 5.67. The first kappa shape index (κ1) is 26.5. The molecule has 2 aromatic carbocycles. The zero-order valence-corrected chi connectivity index (χ0v) is 23.2. The molecule has 2 amide bonds. The molecule has 4 aromatic rings. The van der Waals surface area contributed by atoms with Crippen LogP contribution in [0.1, 0.15) is 63.5 Å². The summed E-state index contributed by atoms with van der Waals surface area (Å²) in [4.78, 5) is 35.8. The van der Waals surface area contributed by atoms with Crippen LogP contribution in [0, 0.1) is 5.92 Å². The minimum absolute atomic E-state index is 0.162. The average molecular weight is 525 g/mol. The summed E-state index contributed by atoms with van der Waals surface area (Å²) in [6.45, 7) is 9.03. The van der Waals surface area contributed by atoms with Crippen molar-refractivity contribution < 1.29 is 9.53 Å². The maximum absolute atomic E-state index is 14.0. The van der Waals surface area contributed by atoms with Crippen LogP contribution in [0.5, 0.6) is 5.75 Å². The van der Waals surface area contributed by atoms with Gasteiger partial charge in [0.15, 0.2) is 0 Å². The molecule has 2 N–H and O–H groups in total. The van der Waals surface area contributed by atoms with Gasteiger partial charge in [0.05, 0.1) is 7.11 Å². The lowest BCUT2D eigenvalue weighted by Crippen LogP contribution is -2.40. The zero-order valence-electron chi connectivity index (χ0n) is 23.2. The standard InChI is InChI=1S/C32H36N4O3/c1-19(2)26-15-24(22-8-6-10-25(14-22)39-5)16-27(20(3)4)29(26)34-32(38)36(18-21-11-12-21)28-17-23-9-7-13-33-30(23)35-31(28)37/h6-10,13-17,19-21H,11-12,18H2,1-5H3,(H,34,38)(H,33,35,37). The number of fused-ring (bicyclic) bond motifs is 1. The van der Waals surface area contributed by atoms with E-state index in [2.05, 4.69) is 61.2 Å². The molecule has 1 aliphatic carbocycles. The van der Waals surface area contributed by atoms with Gasteiger partial charge in [0, 0.05) is 23.8 Å². The first-order valence-corrected chi connectivity index (χ1v) is 13.6. The lowest BCUT2D eigenvalue weighted by molar-refractivity contribution is 0.256. The van der Waals surface area contributed by atoms with Crippen LogP contribution in [0.2, 0.25) is 0 Å². The van der Waals surface area contributed by atoms with Crippen LogP contribution in [0.3, 0.4) is 0 Å². The van der Waals surface area contributed by atoms with Crippen molar-refractivity contribution in [2.45, 2.75) is 52.4 Å². The maximum Gasteiger partial charge on any atom is 0.326 e. The van der Waals surface area contributed by atoms with E-state index in [0.29, 0.717) is 23.8 Å². The largest absolute Gasteiger partial charge is 0.497 e. The Morgan fingerprint density at radius 3 is 2.38 bits per heavy atom. The van der Waals surface area contributed by atoms with Crippen LogP contribution in [-0.2, 0) is 0 Å². The van der Waals surface area contributed by atoms with Gasteiger partial charge in [0.2, 0.25) is 0 Å². The maximum atomic E-state index is 14.0. The molecule has 1 saturated carbocycles. The number of H-pyrrole nitrogens is 1. The third-order valence-corrected chi connectivity index (χ3v) is 7.35. The lowest BCUT2D eigenvalue weighted by atomic mass is 9.88. The second kappa shape index (κ2) is 10.9. The molecule has 0 aliphatic heterocycles. The number of carbonyl (C=O) groups excluding carboxylic acids is 1. The number of carbonyl (C=O) groups is 1. The van der Waals surface area contributed by atoms with Crippen LogP contribution in [-0.4, -0.2) is 29.7 Å². The quantitative estimate of drug-likeness (QED) is 0.253. The number of hydrogen-bond donors (Lipinski definition) is 2. The topological polar surface area (TPSA) is 87.3 Å². The Labute approximate surface area is 229 Å². The van der Waals surface area contributed by atoms with E-state index >= 15 is 0 Å². The molecule has 2 heterocycles. The molecule has 7 heteroatoms. The summed E-state index contributed by atoms with van der Waals surface area (Å²) in [5.41, 5.74) is 5.58. The molecular formula is C32H36N4O3. The minimum atomic E-state index is -0.321. The van der Waals surface area contributed by atoms with Gasteiger partial charge in [-0.1, -0.05) is 39.8 Å². The van der Waals surface area contributed by atoms with Crippen LogP contribution >= 0.6 is 0 Å². The van der Waals surface area contributed by atoms with Gasteiger partial charge >= 0.3 is 6.03 Å². The number of ether oxygens (including phenoxy) is 1. The molecule has 202 valence electrons. The molecule has 0 saturated heterocycles. The van der Waals surface area contributed by atoms with Crippen LogP contribution in [0.25, 0.3) is 22.2 Å². The van der Waals surface area contributed by atoms with Crippen molar-refractivity contribution >= 4 is 28.4 Å². The number of benzene rings is 2. The number of amides is 2. The number of anilines is 2. The number of nitrogens with one attached hydrogen (secondary N) is 2. The Bertz CT molecular complexity index is 1540. The fraction of sp³-hybridized carbons (Fsp3) is 0.344. The van der Waals surface area contributed by atoms with Gasteiger partial charge in [0.25, 0.3) is 5.56 Å². The van der Waals surface area contributed by atoms with Crippen molar-refractivity contribution in [2.24, 2.45) is 5.92 Å². The van der Waals surface area contributed by atoms with Crippen molar-refractivity contribution in [1.29, 1.82) is 0 Å². The molecule has 0 spiro atoms. The zero-order chi connectivity index (χ0) is 27.7. The first-order chi connectivity index (χ1) is 18.7. The van der Waals surface area contributed by atoms with Gasteiger partial charge in [-0.05, 0) is 95.3 Å². The molecule has 7 nitrogen and oxygen atoms in total. The summed E-state index contributed by atoms with van der Waals surface area (Å²) in [6, 6.07) is 17.5. The summed E-state index contributed by atoms with van der Waals surface area (Å²) in [6.07, 6.45) is 3.75. The van der Waals surface area contributed by atoms with E-state index in [1.807, 2.05) is 30.3 Å². The summed E-state index contributed by atoms with van der Waals surface area (Å²) in [5, 5.41) is 4.03. The number of aromatic amines is 1. The highest BCUT2D eigenvalue weighted by Gasteiger charge is 2.30. The summed E-state index contributed by atoms with van der Waals surface area (Å²) < 4.78 is 5.46. The van der Waals surface area contributed by atoms with Gasteiger partial charge in [-0.25, -0.2) is 9.78 Å². The van der Waals surface area contributed by atoms with Crippen molar-refractivity contribution in [3.63, 3.8) is 0 Å². The molecule has 39 heavy (non-hydrogen) atoms. The molecule has 0 unspecified atom stereocenters. The van der Waals surface area contributed by atoms with Crippen molar-refractivity contribution in [3.8, 4) is 16.9 Å². The third-order valence-electron chi connectivity index (χ3n) is 7.35. The van der Waals surface area contributed by atoms with E-state index in [1.165, 1.54) is 0 Å². The van der Waals surface area contributed by atoms with E-state index in [-0.39, 0.29) is 23.4 Å². The predicted molar refractivity (Wildman–Crippen MR) is 158 cm³/mol. The molecular weight excluding hydrogens is 488 g/mol. The van der Waals surface area contributed by atoms with E-state index in [4.69, 9.17) is 4.74 Å². The summed E-state index contributed by atoms with van der Waals surface area (Å²) in [5.74, 6) is 1.52. The first-order valence-electron chi connectivity index (χ1n) is 13.6. The Hall–Kier alpha value is -4.13. The number of aromatic nitrogens is 2. The molecule has 0 atom stereocenters.